The molecule has 0 radical (unpaired) electrons. The lowest BCUT2D eigenvalue weighted by Crippen LogP contribution is -2.33. The number of hydrogen-bond donors (Lipinski definition) is 1. The number of benzene rings is 1. The first-order valence-corrected chi connectivity index (χ1v) is 5.99. The van der Waals surface area contributed by atoms with Gasteiger partial charge < -0.3 is 5.73 Å². The van der Waals surface area contributed by atoms with Gasteiger partial charge in [0.05, 0.1) is 5.02 Å². The average molecular weight is 244 g/mol. The van der Waals surface area contributed by atoms with Gasteiger partial charge in [-0.15, -0.1) is 0 Å². The molecule has 0 amide bonds. The van der Waals surface area contributed by atoms with Gasteiger partial charge in [-0.2, -0.15) is 0 Å². The van der Waals surface area contributed by atoms with Crippen LogP contribution in [-0.4, -0.2) is 6.04 Å². The first kappa shape index (κ1) is 13.5. The fraction of sp³-hybridized carbons (Fsp3) is 0.538. The van der Waals surface area contributed by atoms with Crippen molar-refractivity contribution in [1.82, 2.24) is 0 Å². The van der Waals surface area contributed by atoms with Crippen molar-refractivity contribution >= 4 is 11.6 Å². The van der Waals surface area contributed by atoms with E-state index < -0.39 is 0 Å². The van der Waals surface area contributed by atoms with Crippen molar-refractivity contribution in [2.24, 2.45) is 17.6 Å². The van der Waals surface area contributed by atoms with Gasteiger partial charge in [-0.1, -0.05) is 38.4 Å². The van der Waals surface area contributed by atoms with E-state index in [0.29, 0.717) is 11.8 Å². The summed E-state index contributed by atoms with van der Waals surface area (Å²) in [5, 5.41) is 0.168. The van der Waals surface area contributed by atoms with Gasteiger partial charge in [-0.05, 0) is 36.0 Å². The third-order valence-electron chi connectivity index (χ3n) is 3.18. The smallest absolute Gasteiger partial charge is 0.141 e. The van der Waals surface area contributed by atoms with Gasteiger partial charge in [-0.3, -0.25) is 0 Å². The highest BCUT2D eigenvalue weighted by Crippen LogP contribution is 2.20. The van der Waals surface area contributed by atoms with Gasteiger partial charge in [0, 0.05) is 6.04 Å². The van der Waals surface area contributed by atoms with Crippen molar-refractivity contribution < 1.29 is 4.39 Å². The molecule has 90 valence electrons. The molecule has 0 saturated carbocycles. The van der Waals surface area contributed by atoms with E-state index in [-0.39, 0.29) is 16.9 Å². The van der Waals surface area contributed by atoms with E-state index in [1.807, 2.05) is 0 Å². The maximum Gasteiger partial charge on any atom is 0.141 e. The molecule has 0 aliphatic heterocycles. The minimum atomic E-state index is -0.379. The van der Waals surface area contributed by atoms with E-state index in [4.69, 9.17) is 17.3 Å². The molecule has 1 rings (SSSR count). The molecule has 0 aromatic heterocycles. The van der Waals surface area contributed by atoms with Crippen LogP contribution in [0.3, 0.4) is 0 Å². The van der Waals surface area contributed by atoms with Crippen LogP contribution >= 0.6 is 11.6 Å². The Morgan fingerprint density at radius 2 is 1.94 bits per heavy atom. The summed E-state index contributed by atoms with van der Waals surface area (Å²) in [6.45, 7) is 6.45. The lowest BCUT2D eigenvalue weighted by atomic mass is 9.87. The molecule has 16 heavy (non-hydrogen) atoms. The van der Waals surface area contributed by atoms with Crippen LogP contribution in [0, 0.1) is 17.7 Å². The first-order valence-electron chi connectivity index (χ1n) is 5.61. The Morgan fingerprint density at radius 1 is 1.31 bits per heavy atom. The summed E-state index contributed by atoms with van der Waals surface area (Å²) in [5.74, 6) is 0.602. The molecule has 1 aromatic carbocycles. The molecule has 0 aliphatic carbocycles. The second-order valence-corrected chi connectivity index (χ2v) is 5.13. The Morgan fingerprint density at radius 3 is 2.44 bits per heavy atom. The minimum Gasteiger partial charge on any atom is -0.327 e. The summed E-state index contributed by atoms with van der Waals surface area (Å²) in [6, 6.07) is 4.88. The third kappa shape index (κ3) is 3.46. The summed E-state index contributed by atoms with van der Waals surface area (Å²) in [5.41, 5.74) is 7.09. The van der Waals surface area contributed by atoms with Gasteiger partial charge in [0.1, 0.15) is 5.82 Å². The van der Waals surface area contributed by atoms with E-state index in [2.05, 4.69) is 20.8 Å². The van der Waals surface area contributed by atoms with Gasteiger partial charge >= 0.3 is 0 Å². The molecule has 3 heteroatoms. The fourth-order valence-electron chi connectivity index (χ4n) is 1.62. The molecule has 1 nitrogen and oxygen atoms in total. The van der Waals surface area contributed by atoms with Crippen LogP contribution in [-0.2, 0) is 6.42 Å². The molecular formula is C13H19ClFN. The van der Waals surface area contributed by atoms with Crippen molar-refractivity contribution in [2.75, 3.05) is 0 Å². The summed E-state index contributed by atoms with van der Waals surface area (Å²) < 4.78 is 13.0. The molecule has 0 aliphatic rings. The van der Waals surface area contributed by atoms with Gasteiger partial charge in [0.2, 0.25) is 0 Å². The molecule has 0 fully saturated rings. The van der Waals surface area contributed by atoms with E-state index >= 15 is 0 Å². The molecule has 0 spiro atoms. The average Bonchev–Trinajstić information content (AvgIpc) is 2.22. The van der Waals surface area contributed by atoms with Crippen LogP contribution in [0.15, 0.2) is 18.2 Å². The molecule has 2 N–H and O–H groups in total. The van der Waals surface area contributed by atoms with Crippen molar-refractivity contribution in [3.8, 4) is 0 Å². The van der Waals surface area contributed by atoms with Crippen LogP contribution < -0.4 is 5.73 Å². The van der Waals surface area contributed by atoms with Crippen molar-refractivity contribution in [3.63, 3.8) is 0 Å². The highest BCUT2D eigenvalue weighted by atomic mass is 35.5. The molecular weight excluding hydrogens is 225 g/mol. The monoisotopic (exact) mass is 243 g/mol. The highest BCUT2D eigenvalue weighted by molar-refractivity contribution is 6.30. The second kappa shape index (κ2) is 5.65. The van der Waals surface area contributed by atoms with E-state index in [0.717, 1.165) is 12.0 Å². The zero-order valence-corrected chi connectivity index (χ0v) is 10.8. The second-order valence-electron chi connectivity index (χ2n) is 4.72. The standard InChI is InChI=1S/C13H19ClFN/c1-8(2)9(3)13(16)7-10-4-5-12(15)11(14)6-10/h4-6,8-9,13H,7,16H2,1-3H3. The van der Waals surface area contributed by atoms with Crippen molar-refractivity contribution in [3.05, 3.63) is 34.6 Å². The number of nitrogens with two attached hydrogens (primary N) is 1. The van der Waals surface area contributed by atoms with E-state index in [1.54, 1.807) is 12.1 Å². The van der Waals surface area contributed by atoms with Gasteiger partial charge in [0.15, 0.2) is 0 Å². The lowest BCUT2D eigenvalue weighted by molar-refractivity contribution is 0.344. The predicted molar refractivity (Wildman–Crippen MR) is 67.1 cm³/mol. The lowest BCUT2D eigenvalue weighted by Gasteiger charge is -2.23. The Hall–Kier alpha value is -0.600. The molecule has 2 unspecified atom stereocenters. The maximum absolute atomic E-state index is 13.0. The van der Waals surface area contributed by atoms with Gasteiger partial charge in [-0.25, -0.2) is 4.39 Å². The fourth-order valence-corrected chi connectivity index (χ4v) is 1.82. The molecule has 0 saturated heterocycles. The summed E-state index contributed by atoms with van der Waals surface area (Å²) in [6.07, 6.45) is 0.735. The van der Waals surface area contributed by atoms with Crippen LogP contribution in [0.4, 0.5) is 4.39 Å². The van der Waals surface area contributed by atoms with Gasteiger partial charge in [0.25, 0.3) is 0 Å². The Balaban J connectivity index is 2.69. The zero-order chi connectivity index (χ0) is 12.3. The van der Waals surface area contributed by atoms with Crippen LogP contribution in [0.25, 0.3) is 0 Å². The number of hydrogen-bond acceptors (Lipinski definition) is 1. The van der Waals surface area contributed by atoms with Crippen molar-refractivity contribution in [2.45, 2.75) is 33.2 Å². The zero-order valence-electron chi connectivity index (χ0n) is 10.0. The molecule has 0 bridgehead atoms. The normalized spacial score (nSPS) is 15.2. The molecule has 2 atom stereocenters. The summed E-state index contributed by atoms with van der Waals surface area (Å²) >= 11 is 5.72. The Labute approximate surface area is 102 Å². The largest absolute Gasteiger partial charge is 0.327 e. The molecule has 0 heterocycles. The maximum atomic E-state index is 13.0. The van der Waals surface area contributed by atoms with Crippen LogP contribution in [0.2, 0.25) is 5.02 Å². The van der Waals surface area contributed by atoms with E-state index in [1.165, 1.54) is 6.07 Å². The number of rotatable bonds is 4. The van der Waals surface area contributed by atoms with Crippen LogP contribution in [0.1, 0.15) is 26.3 Å². The van der Waals surface area contributed by atoms with E-state index in [9.17, 15) is 4.39 Å². The summed E-state index contributed by atoms with van der Waals surface area (Å²) in [7, 11) is 0. The summed E-state index contributed by atoms with van der Waals surface area (Å²) in [4.78, 5) is 0. The van der Waals surface area contributed by atoms with Crippen molar-refractivity contribution in [1.29, 1.82) is 0 Å². The third-order valence-corrected chi connectivity index (χ3v) is 3.47. The quantitative estimate of drug-likeness (QED) is 0.859. The Bertz CT molecular complexity index is 352. The topological polar surface area (TPSA) is 26.0 Å². The molecule has 1 aromatic rings. The van der Waals surface area contributed by atoms with Crippen LogP contribution in [0.5, 0.6) is 0 Å². The minimum absolute atomic E-state index is 0.0847. The highest BCUT2D eigenvalue weighted by Gasteiger charge is 2.16. The Kier molecular flexibility index (Phi) is 4.75. The predicted octanol–water partition coefficient (Wildman–Crippen LogP) is 3.64. The first-order chi connectivity index (χ1) is 7.41. The SMILES string of the molecule is CC(C)C(C)C(N)Cc1ccc(F)c(Cl)c1. The number of halogens is 2.